The maximum absolute atomic E-state index is 8.91. The van der Waals surface area contributed by atoms with Crippen LogP contribution in [0.4, 0.5) is 5.82 Å². The predicted octanol–water partition coefficient (Wildman–Crippen LogP) is 2.11. The van der Waals surface area contributed by atoms with E-state index in [0.717, 1.165) is 0 Å². The molecule has 0 saturated carbocycles. The average molecular weight is 358 g/mol. The zero-order chi connectivity index (χ0) is 19.0. The third-order valence-electron chi connectivity index (χ3n) is 4.13. The first-order chi connectivity index (χ1) is 13.0. The lowest BCUT2D eigenvalue weighted by atomic mass is 10.2. The molecule has 0 saturated heterocycles. The van der Waals surface area contributed by atoms with Gasteiger partial charge >= 0.3 is 0 Å². The summed E-state index contributed by atoms with van der Waals surface area (Å²) >= 11 is 0. The Balaban J connectivity index is 1.64. The van der Waals surface area contributed by atoms with E-state index in [-0.39, 0.29) is 0 Å². The Morgan fingerprint density at radius 1 is 0.889 bits per heavy atom. The quantitative estimate of drug-likeness (QED) is 0.520. The standard InChI is InChI=1S/C17H14N10/c1-17(2,26-10-6-15(22-26)24-8-4-13(12-18)20-24)27-11-7-16(23-27)25-9-5-14(19-3)21-25/h4-11H,1-2H3. The summed E-state index contributed by atoms with van der Waals surface area (Å²) in [5, 5.41) is 26.3. The summed E-state index contributed by atoms with van der Waals surface area (Å²) in [6, 6.07) is 8.90. The van der Waals surface area contributed by atoms with Gasteiger partial charge in [0, 0.05) is 36.9 Å². The van der Waals surface area contributed by atoms with Gasteiger partial charge in [0.1, 0.15) is 11.7 Å². The van der Waals surface area contributed by atoms with E-state index >= 15 is 0 Å². The third kappa shape index (κ3) is 2.75. The Labute approximate surface area is 154 Å². The number of hydrogen-bond acceptors (Lipinski definition) is 5. The fourth-order valence-electron chi connectivity index (χ4n) is 2.60. The van der Waals surface area contributed by atoms with E-state index in [1.165, 1.54) is 0 Å². The first-order valence-corrected chi connectivity index (χ1v) is 8.03. The molecule has 0 aliphatic heterocycles. The van der Waals surface area contributed by atoms with Gasteiger partial charge in [-0.05, 0) is 31.1 Å². The van der Waals surface area contributed by atoms with Crippen molar-refractivity contribution in [2.45, 2.75) is 19.5 Å². The van der Waals surface area contributed by atoms with Crippen molar-refractivity contribution in [3.63, 3.8) is 0 Å². The van der Waals surface area contributed by atoms with Crippen molar-refractivity contribution in [3.05, 3.63) is 66.2 Å². The lowest BCUT2D eigenvalue weighted by Gasteiger charge is -2.25. The fourth-order valence-corrected chi connectivity index (χ4v) is 2.60. The Bertz CT molecular complexity index is 1090. The van der Waals surface area contributed by atoms with Gasteiger partial charge in [0.05, 0.1) is 0 Å². The van der Waals surface area contributed by atoms with Crippen LogP contribution in [0.1, 0.15) is 19.5 Å². The average Bonchev–Trinajstić information content (AvgIpc) is 3.47. The van der Waals surface area contributed by atoms with E-state index in [4.69, 9.17) is 11.8 Å². The van der Waals surface area contributed by atoms with Gasteiger partial charge in [-0.3, -0.25) is 0 Å². The number of aromatic nitrogens is 8. The van der Waals surface area contributed by atoms with Gasteiger partial charge in [-0.1, -0.05) is 6.57 Å². The molecule has 4 heterocycles. The summed E-state index contributed by atoms with van der Waals surface area (Å²) in [6.45, 7) is 11.0. The topological polar surface area (TPSA) is 99.4 Å². The third-order valence-corrected chi connectivity index (χ3v) is 4.13. The Morgan fingerprint density at radius 3 is 2.00 bits per heavy atom. The molecule has 0 aliphatic carbocycles. The molecule has 132 valence electrons. The highest BCUT2D eigenvalue weighted by Gasteiger charge is 2.25. The van der Waals surface area contributed by atoms with Crippen molar-refractivity contribution in [2.75, 3.05) is 0 Å². The second kappa shape index (κ2) is 5.97. The minimum atomic E-state index is -0.600. The van der Waals surface area contributed by atoms with Gasteiger partial charge in [-0.2, -0.15) is 15.5 Å². The molecule has 0 aliphatic rings. The summed E-state index contributed by atoms with van der Waals surface area (Å²) in [7, 11) is 0. The lowest BCUT2D eigenvalue weighted by Crippen LogP contribution is -2.36. The Morgan fingerprint density at radius 2 is 1.48 bits per heavy atom. The monoisotopic (exact) mass is 358 g/mol. The molecule has 4 aromatic heterocycles. The van der Waals surface area contributed by atoms with Gasteiger partial charge in [-0.15, -0.1) is 9.78 Å². The van der Waals surface area contributed by atoms with Gasteiger partial charge in [0.2, 0.25) is 0 Å². The normalized spacial score (nSPS) is 11.3. The minimum Gasteiger partial charge on any atom is -0.359 e. The fraction of sp³-hybridized carbons (Fsp3) is 0.176. The molecule has 4 rings (SSSR count). The van der Waals surface area contributed by atoms with Gasteiger partial charge in [0.15, 0.2) is 17.3 Å². The van der Waals surface area contributed by atoms with Crippen molar-refractivity contribution in [2.24, 2.45) is 0 Å². The molecule has 0 fully saturated rings. The van der Waals surface area contributed by atoms with E-state index in [1.54, 1.807) is 43.3 Å². The van der Waals surface area contributed by atoms with Gasteiger partial charge in [0.25, 0.3) is 5.82 Å². The zero-order valence-electron chi connectivity index (χ0n) is 14.6. The highest BCUT2D eigenvalue weighted by molar-refractivity contribution is 5.35. The second-order valence-corrected chi connectivity index (χ2v) is 6.22. The van der Waals surface area contributed by atoms with Crippen LogP contribution in [0.25, 0.3) is 16.5 Å². The molecule has 0 N–H and O–H groups in total. The van der Waals surface area contributed by atoms with Crippen LogP contribution in [0, 0.1) is 17.9 Å². The molecular formula is C17H14N10. The zero-order valence-corrected chi connectivity index (χ0v) is 14.6. The van der Waals surface area contributed by atoms with Crippen LogP contribution >= 0.6 is 0 Å². The number of hydrogen-bond donors (Lipinski definition) is 0. The van der Waals surface area contributed by atoms with Crippen molar-refractivity contribution in [1.82, 2.24) is 39.1 Å². The van der Waals surface area contributed by atoms with Crippen molar-refractivity contribution < 1.29 is 0 Å². The summed E-state index contributed by atoms with van der Waals surface area (Å²) in [5.74, 6) is 1.53. The molecule has 0 amide bonds. The lowest BCUT2D eigenvalue weighted by molar-refractivity contribution is 0.234. The van der Waals surface area contributed by atoms with E-state index in [2.05, 4.69) is 25.2 Å². The summed E-state index contributed by atoms with van der Waals surface area (Å²) in [6.07, 6.45) is 7.05. The van der Waals surface area contributed by atoms with Crippen LogP contribution in [0.15, 0.2) is 49.1 Å². The van der Waals surface area contributed by atoms with Crippen LogP contribution < -0.4 is 0 Å². The Kier molecular flexibility index (Phi) is 3.60. The first kappa shape index (κ1) is 16.3. The van der Waals surface area contributed by atoms with E-state index in [9.17, 15) is 0 Å². The molecule has 27 heavy (non-hydrogen) atoms. The highest BCUT2D eigenvalue weighted by Crippen LogP contribution is 2.20. The Hall–Kier alpha value is -4.18. The smallest absolute Gasteiger partial charge is 0.295 e. The van der Waals surface area contributed by atoms with Crippen LogP contribution in [-0.2, 0) is 5.66 Å². The van der Waals surface area contributed by atoms with Crippen LogP contribution in [0.5, 0.6) is 0 Å². The summed E-state index contributed by atoms with van der Waals surface area (Å²) in [5.41, 5.74) is -0.268. The van der Waals surface area contributed by atoms with E-state index in [0.29, 0.717) is 23.1 Å². The molecule has 4 aromatic rings. The highest BCUT2D eigenvalue weighted by atomic mass is 15.5. The maximum Gasteiger partial charge on any atom is 0.295 e. The summed E-state index contributed by atoms with van der Waals surface area (Å²) in [4.78, 5) is 3.30. The van der Waals surface area contributed by atoms with Crippen molar-refractivity contribution in [1.29, 1.82) is 5.26 Å². The number of rotatable bonds is 4. The first-order valence-electron chi connectivity index (χ1n) is 8.03. The maximum atomic E-state index is 8.91. The molecule has 0 unspecified atom stereocenters. The molecular weight excluding hydrogens is 344 g/mol. The molecule has 0 bridgehead atoms. The molecule has 0 aromatic carbocycles. The molecule has 10 nitrogen and oxygen atoms in total. The van der Waals surface area contributed by atoms with E-state index < -0.39 is 5.66 Å². The molecule has 0 atom stereocenters. The number of nitrogens with zero attached hydrogens (tertiary/aromatic N) is 10. The predicted molar refractivity (Wildman–Crippen MR) is 94.4 cm³/mol. The SMILES string of the molecule is [C-]#[N+]c1ccn(-c2ccn(C(C)(C)n3ccc(-n4ccc(C#N)n4)n3)n2)n1. The van der Waals surface area contributed by atoms with Crippen LogP contribution in [0.3, 0.4) is 0 Å². The van der Waals surface area contributed by atoms with E-state index in [1.807, 2.05) is 44.4 Å². The second-order valence-electron chi connectivity index (χ2n) is 6.22. The minimum absolute atomic E-state index is 0.316. The van der Waals surface area contributed by atoms with Crippen LogP contribution in [0.2, 0.25) is 0 Å². The number of nitriles is 1. The summed E-state index contributed by atoms with van der Waals surface area (Å²) < 4.78 is 6.64. The molecule has 0 spiro atoms. The van der Waals surface area contributed by atoms with Crippen molar-refractivity contribution >= 4 is 5.82 Å². The van der Waals surface area contributed by atoms with Crippen molar-refractivity contribution in [3.8, 4) is 17.7 Å². The largest absolute Gasteiger partial charge is 0.359 e. The van der Waals surface area contributed by atoms with Gasteiger partial charge in [-0.25, -0.2) is 14.0 Å². The molecule has 10 heteroatoms. The molecule has 0 radical (unpaired) electrons. The van der Waals surface area contributed by atoms with Crippen LogP contribution in [-0.4, -0.2) is 39.1 Å². The van der Waals surface area contributed by atoms with Gasteiger partial charge < -0.3 is 4.85 Å².